The molecule has 0 aromatic carbocycles. The molecule has 10 nitrogen and oxygen atoms in total. The average Bonchev–Trinajstić information content (AvgIpc) is 2.87. The van der Waals surface area contributed by atoms with Crippen molar-refractivity contribution in [2.24, 2.45) is 5.14 Å². The van der Waals surface area contributed by atoms with Crippen LogP contribution in [0.2, 0.25) is 0 Å². The number of hydrogen-bond donors (Lipinski definition) is 4. The molecule has 1 aliphatic heterocycles. The van der Waals surface area contributed by atoms with Gasteiger partial charge in [0.1, 0.15) is 15.0 Å². The molecule has 13 heteroatoms. The lowest BCUT2D eigenvalue weighted by Gasteiger charge is -2.45. The fourth-order valence-electron chi connectivity index (χ4n) is 2.41. The highest BCUT2D eigenvalue weighted by Gasteiger charge is 2.42. The lowest BCUT2D eigenvalue weighted by molar-refractivity contribution is -0.757. The first-order valence-corrected chi connectivity index (χ1v) is 10.5. The second kappa shape index (κ2) is 6.51. The fourth-order valence-corrected chi connectivity index (χ4v) is 6.99. The topological polar surface area (TPSA) is 165 Å². The third-order valence-corrected chi connectivity index (χ3v) is 8.80. The molecule has 1 aromatic rings. The van der Waals surface area contributed by atoms with Gasteiger partial charge >= 0.3 is 0 Å². The largest absolute Gasteiger partial charge is 0.312 e. The molecular formula is C10H17N3O7S3. The van der Waals surface area contributed by atoms with Crippen molar-refractivity contribution in [3.8, 4) is 0 Å². The second-order valence-electron chi connectivity index (χ2n) is 4.93. The molecule has 1 aliphatic rings. The lowest BCUT2D eigenvalue weighted by Crippen LogP contribution is -2.35. The summed E-state index contributed by atoms with van der Waals surface area (Å²) >= 11 is 0.675. The number of rotatable bonds is 6. The van der Waals surface area contributed by atoms with Crippen LogP contribution < -0.4 is 10.5 Å². The molecule has 0 amide bonds. The molecule has 0 radical (unpaired) electrons. The molecule has 0 unspecified atom stereocenters. The summed E-state index contributed by atoms with van der Waals surface area (Å²) in [6, 6.07) is 0.948. The van der Waals surface area contributed by atoms with Crippen LogP contribution in [0, 0.1) is 10.1 Å². The van der Waals surface area contributed by atoms with E-state index in [-0.39, 0.29) is 20.9 Å². The third kappa shape index (κ3) is 3.76. The molecule has 2 atom stereocenters. The quantitative estimate of drug-likeness (QED) is 0.416. The first kappa shape index (κ1) is 18.4. The van der Waals surface area contributed by atoms with Gasteiger partial charge in [-0.05, 0) is 19.0 Å². The van der Waals surface area contributed by atoms with E-state index in [0.29, 0.717) is 23.4 Å². The van der Waals surface area contributed by atoms with Gasteiger partial charge in [0.25, 0.3) is 5.09 Å². The number of sulfonamides is 1. The number of nitrogens with zero attached hydrogens (tertiary/aromatic N) is 1. The predicted octanol–water partition coefficient (Wildman–Crippen LogP) is 1.14. The van der Waals surface area contributed by atoms with E-state index in [1.165, 1.54) is 6.07 Å². The lowest BCUT2D eigenvalue weighted by atomic mass is 10.0. The van der Waals surface area contributed by atoms with E-state index in [1.54, 1.807) is 0 Å². The molecule has 2 rings (SSSR count). The van der Waals surface area contributed by atoms with Crippen molar-refractivity contribution in [1.29, 1.82) is 0 Å². The molecule has 23 heavy (non-hydrogen) atoms. The minimum Gasteiger partial charge on any atom is -0.312 e. The number of primary sulfonamides is 1. The summed E-state index contributed by atoms with van der Waals surface area (Å²) in [6.45, 7) is 1.90. The van der Waals surface area contributed by atoms with Crippen molar-refractivity contribution in [3.05, 3.63) is 21.7 Å². The Morgan fingerprint density at radius 1 is 1.61 bits per heavy atom. The molecule has 5 N–H and O–H groups in total. The van der Waals surface area contributed by atoms with Crippen molar-refractivity contribution in [1.82, 2.24) is 5.32 Å². The monoisotopic (exact) mass is 387 g/mol. The molecule has 132 valence electrons. The van der Waals surface area contributed by atoms with E-state index >= 15 is 0 Å². The molecule has 1 aromatic heterocycles. The smallest absolute Gasteiger partial charge is 0.294 e. The summed E-state index contributed by atoms with van der Waals surface area (Å²) in [5.74, 6) is 0. The number of thiophene rings is 1. The zero-order valence-corrected chi connectivity index (χ0v) is 14.5. The van der Waals surface area contributed by atoms with Crippen molar-refractivity contribution in [3.63, 3.8) is 0 Å². The maximum atomic E-state index is 11.5. The SMILES string of the molecule is CCN[C@@H]1C[C@@H](CO[N+](=O)[O-])S(O)(O)c2sc(S(N)(=O)=O)cc21. The van der Waals surface area contributed by atoms with Crippen molar-refractivity contribution < 1.29 is 27.4 Å². The van der Waals surface area contributed by atoms with Crippen LogP contribution in [0.1, 0.15) is 24.9 Å². The Morgan fingerprint density at radius 3 is 2.78 bits per heavy atom. The highest BCUT2D eigenvalue weighted by Crippen LogP contribution is 2.63. The second-order valence-corrected chi connectivity index (χ2v) is 10.3. The summed E-state index contributed by atoms with van der Waals surface area (Å²) in [4.78, 5) is 14.7. The summed E-state index contributed by atoms with van der Waals surface area (Å²) in [7, 11) is -7.43. The first-order valence-electron chi connectivity index (χ1n) is 6.51. The molecule has 0 saturated carbocycles. The van der Waals surface area contributed by atoms with Gasteiger partial charge in [0, 0.05) is 11.6 Å². The third-order valence-electron chi connectivity index (χ3n) is 3.41. The van der Waals surface area contributed by atoms with Gasteiger partial charge in [0.2, 0.25) is 10.0 Å². The standard InChI is InChI=1S/C10H17N3O7S3/c1-2-12-8-3-6(5-20-13(14)15)22(16,17)10-7(8)4-9(21-10)23(11,18)19/h4,6,8,12,16-17H,2-3,5H2,1H3,(H2,11,18,19)/t6-,8+/m0/s1. The molecule has 0 bridgehead atoms. The van der Waals surface area contributed by atoms with Gasteiger partial charge in [-0.1, -0.05) is 6.92 Å². The number of fused-ring (bicyclic) bond motifs is 1. The summed E-state index contributed by atoms with van der Waals surface area (Å²) < 4.78 is 43.8. The Balaban J connectivity index is 2.46. The summed E-state index contributed by atoms with van der Waals surface area (Å²) in [6.07, 6.45) is 0.164. The Kier molecular flexibility index (Phi) is 5.20. The Morgan fingerprint density at radius 2 is 2.26 bits per heavy atom. The van der Waals surface area contributed by atoms with Gasteiger partial charge in [0.15, 0.2) is 0 Å². The minimum atomic E-state index is -3.99. The molecule has 2 heterocycles. The number of hydrogen-bond acceptors (Lipinski definition) is 9. The van der Waals surface area contributed by atoms with E-state index in [9.17, 15) is 27.6 Å². The fraction of sp³-hybridized carbons (Fsp3) is 0.600. The van der Waals surface area contributed by atoms with Crippen molar-refractivity contribution >= 4 is 31.9 Å². The summed E-state index contributed by atoms with van der Waals surface area (Å²) in [5, 5.41) is 16.6. The van der Waals surface area contributed by atoms with Crippen LogP contribution in [0.25, 0.3) is 0 Å². The van der Waals surface area contributed by atoms with Crippen LogP contribution >= 0.6 is 21.9 Å². The zero-order chi connectivity index (χ0) is 17.4. The average molecular weight is 387 g/mol. The van der Waals surface area contributed by atoms with Crippen LogP contribution in [0.3, 0.4) is 0 Å². The van der Waals surface area contributed by atoms with Crippen LogP contribution in [0.4, 0.5) is 0 Å². The van der Waals surface area contributed by atoms with Crippen molar-refractivity contribution in [2.45, 2.75) is 33.1 Å². The Hall–Kier alpha value is -0.960. The van der Waals surface area contributed by atoms with E-state index in [0.717, 1.165) is 0 Å². The van der Waals surface area contributed by atoms with Gasteiger partial charge in [-0.2, -0.15) is 10.6 Å². The highest BCUT2D eigenvalue weighted by molar-refractivity contribution is 8.26. The number of nitrogens with two attached hydrogens (primary N) is 1. The van der Waals surface area contributed by atoms with E-state index < -0.39 is 37.6 Å². The molecule has 0 saturated heterocycles. The van der Waals surface area contributed by atoms with Crippen LogP contribution in [0.5, 0.6) is 0 Å². The minimum absolute atomic E-state index is 0.0793. The van der Waals surface area contributed by atoms with Gasteiger partial charge in [0.05, 0.1) is 5.25 Å². The maximum Gasteiger partial charge on any atom is 0.294 e. The first-order chi connectivity index (χ1) is 10.6. The van der Waals surface area contributed by atoms with Crippen LogP contribution in [-0.2, 0) is 14.9 Å². The van der Waals surface area contributed by atoms with Crippen molar-refractivity contribution in [2.75, 3.05) is 13.2 Å². The van der Waals surface area contributed by atoms with E-state index in [1.807, 2.05) is 6.92 Å². The van der Waals surface area contributed by atoms with Crippen LogP contribution in [-0.4, -0.2) is 41.0 Å². The highest BCUT2D eigenvalue weighted by atomic mass is 32.3. The Bertz CT molecular complexity index is 703. The van der Waals surface area contributed by atoms with Gasteiger partial charge in [-0.15, -0.1) is 21.5 Å². The Labute approximate surface area is 138 Å². The molecule has 0 fully saturated rings. The maximum absolute atomic E-state index is 11.5. The molecular weight excluding hydrogens is 370 g/mol. The van der Waals surface area contributed by atoms with Gasteiger partial charge in [-0.25, -0.2) is 13.6 Å². The predicted molar refractivity (Wildman–Crippen MR) is 84.6 cm³/mol. The van der Waals surface area contributed by atoms with Gasteiger partial charge < -0.3 is 10.2 Å². The molecule has 0 spiro atoms. The number of nitrogens with one attached hydrogen (secondary N) is 1. The molecule has 0 aliphatic carbocycles. The summed E-state index contributed by atoms with van der Waals surface area (Å²) in [5.41, 5.74) is 0.443. The normalized spacial score (nSPS) is 24.7. The zero-order valence-electron chi connectivity index (χ0n) is 12.0. The van der Waals surface area contributed by atoms with Gasteiger partial charge in [-0.3, -0.25) is 9.11 Å². The van der Waals surface area contributed by atoms with Crippen LogP contribution in [0.15, 0.2) is 14.5 Å². The van der Waals surface area contributed by atoms with E-state index in [2.05, 4.69) is 10.2 Å². The van der Waals surface area contributed by atoms with E-state index in [4.69, 9.17) is 5.14 Å².